The van der Waals surface area contributed by atoms with E-state index in [0.29, 0.717) is 0 Å². The lowest BCUT2D eigenvalue weighted by molar-refractivity contribution is 0.476. The van der Waals surface area contributed by atoms with Crippen molar-refractivity contribution in [2.45, 2.75) is 13.5 Å². The van der Waals surface area contributed by atoms with E-state index in [1.54, 1.807) is 23.5 Å². The van der Waals surface area contributed by atoms with Gasteiger partial charge in [0.2, 0.25) is 0 Å². The molecule has 0 aliphatic rings. The van der Waals surface area contributed by atoms with Gasteiger partial charge in [-0.1, -0.05) is 23.2 Å². The molecule has 0 saturated carbocycles. The topological polar surface area (TPSA) is 32.3 Å². The summed E-state index contributed by atoms with van der Waals surface area (Å²) in [5, 5.41) is 15.2. The van der Waals surface area contributed by atoms with Gasteiger partial charge in [0, 0.05) is 17.1 Å². The molecule has 0 aliphatic carbocycles. The van der Waals surface area contributed by atoms with E-state index in [4.69, 9.17) is 23.2 Å². The predicted molar refractivity (Wildman–Crippen MR) is 74.5 cm³/mol. The second-order valence-electron chi connectivity index (χ2n) is 3.67. The smallest absolute Gasteiger partial charge is 0.152 e. The molecular weight excluding hydrogens is 277 g/mol. The third kappa shape index (κ3) is 2.86. The lowest BCUT2D eigenvalue weighted by Crippen LogP contribution is -1.98. The SMILES string of the molecule is Cc1ccsc1CNc1cc(Cl)c(O)c(Cl)c1. The first-order chi connectivity index (χ1) is 8.08. The normalized spacial score (nSPS) is 10.5. The van der Waals surface area contributed by atoms with Gasteiger partial charge < -0.3 is 10.4 Å². The molecule has 17 heavy (non-hydrogen) atoms. The van der Waals surface area contributed by atoms with Crippen LogP contribution in [0.2, 0.25) is 10.0 Å². The Bertz CT molecular complexity index is 516. The molecule has 0 saturated heterocycles. The minimum absolute atomic E-state index is 0.0776. The van der Waals surface area contributed by atoms with Crippen LogP contribution in [0.15, 0.2) is 23.6 Å². The average Bonchev–Trinajstić information content (AvgIpc) is 2.69. The van der Waals surface area contributed by atoms with Crippen molar-refractivity contribution in [2.75, 3.05) is 5.32 Å². The Morgan fingerprint density at radius 1 is 1.29 bits per heavy atom. The Labute approximate surface area is 114 Å². The van der Waals surface area contributed by atoms with Crippen molar-refractivity contribution >= 4 is 40.2 Å². The van der Waals surface area contributed by atoms with E-state index in [1.807, 2.05) is 0 Å². The fraction of sp³-hybridized carbons (Fsp3) is 0.167. The van der Waals surface area contributed by atoms with Gasteiger partial charge in [-0.05, 0) is 36.1 Å². The molecule has 0 radical (unpaired) electrons. The fourth-order valence-electron chi connectivity index (χ4n) is 1.44. The Hall–Kier alpha value is -0.900. The molecule has 2 aromatic rings. The second kappa shape index (κ2) is 5.17. The van der Waals surface area contributed by atoms with E-state index in [0.717, 1.165) is 12.2 Å². The maximum atomic E-state index is 9.44. The molecule has 1 aromatic carbocycles. The van der Waals surface area contributed by atoms with Crippen molar-refractivity contribution in [1.29, 1.82) is 0 Å². The lowest BCUT2D eigenvalue weighted by Gasteiger charge is -2.08. The van der Waals surface area contributed by atoms with Crippen LogP contribution in [0.5, 0.6) is 5.75 Å². The fourth-order valence-corrected chi connectivity index (χ4v) is 2.77. The molecule has 0 amide bonds. The quantitative estimate of drug-likeness (QED) is 0.804. The summed E-state index contributed by atoms with van der Waals surface area (Å²) in [6.45, 7) is 2.80. The summed E-state index contributed by atoms with van der Waals surface area (Å²) >= 11 is 13.4. The molecule has 2 N–H and O–H groups in total. The maximum Gasteiger partial charge on any atom is 0.152 e. The van der Waals surface area contributed by atoms with Crippen LogP contribution in [-0.4, -0.2) is 5.11 Å². The number of hydrogen-bond acceptors (Lipinski definition) is 3. The Morgan fingerprint density at radius 3 is 2.47 bits per heavy atom. The summed E-state index contributed by atoms with van der Waals surface area (Å²) in [6.07, 6.45) is 0. The minimum atomic E-state index is -0.0776. The molecule has 1 aromatic heterocycles. The molecule has 90 valence electrons. The summed E-state index contributed by atoms with van der Waals surface area (Å²) in [5.41, 5.74) is 2.06. The van der Waals surface area contributed by atoms with Crippen LogP contribution in [0.3, 0.4) is 0 Å². The van der Waals surface area contributed by atoms with Gasteiger partial charge in [0.05, 0.1) is 10.0 Å². The molecule has 0 bridgehead atoms. The van der Waals surface area contributed by atoms with Gasteiger partial charge in [-0.15, -0.1) is 11.3 Å². The van der Waals surface area contributed by atoms with Crippen LogP contribution < -0.4 is 5.32 Å². The van der Waals surface area contributed by atoms with Crippen LogP contribution in [0.4, 0.5) is 5.69 Å². The standard InChI is InChI=1S/C12H11Cl2NOS/c1-7-2-3-17-11(7)6-15-8-4-9(13)12(16)10(14)5-8/h2-5,15-16H,6H2,1H3. The monoisotopic (exact) mass is 287 g/mol. The lowest BCUT2D eigenvalue weighted by atomic mass is 10.2. The number of aromatic hydroxyl groups is 1. The van der Waals surface area contributed by atoms with E-state index >= 15 is 0 Å². The first-order valence-corrected chi connectivity index (χ1v) is 6.66. The van der Waals surface area contributed by atoms with Crippen molar-refractivity contribution in [3.63, 3.8) is 0 Å². The van der Waals surface area contributed by atoms with Gasteiger partial charge in [-0.25, -0.2) is 0 Å². The van der Waals surface area contributed by atoms with Crippen molar-refractivity contribution in [3.05, 3.63) is 44.1 Å². The molecule has 0 fully saturated rings. The number of nitrogens with one attached hydrogen (secondary N) is 1. The summed E-state index contributed by atoms with van der Waals surface area (Å²) < 4.78 is 0. The van der Waals surface area contributed by atoms with E-state index in [1.165, 1.54) is 10.4 Å². The first kappa shape index (κ1) is 12.6. The van der Waals surface area contributed by atoms with Gasteiger partial charge in [-0.2, -0.15) is 0 Å². The number of thiophene rings is 1. The zero-order chi connectivity index (χ0) is 12.4. The molecule has 0 spiro atoms. The maximum absolute atomic E-state index is 9.44. The predicted octanol–water partition coefficient (Wildman–Crippen LogP) is 4.68. The van der Waals surface area contributed by atoms with Crippen molar-refractivity contribution < 1.29 is 5.11 Å². The number of aryl methyl sites for hydroxylation is 1. The largest absolute Gasteiger partial charge is 0.505 e. The number of halogens is 2. The number of phenols is 1. The molecule has 0 unspecified atom stereocenters. The summed E-state index contributed by atoms with van der Waals surface area (Å²) in [7, 11) is 0. The van der Waals surface area contributed by atoms with Gasteiger partial charge in [-0.3, -0.25) is 0 Å². The summed E-state index contributed by atoms with van der Waals surface area (Å²) in [4.78, 5) is 1.27. The molecule has 2 nitrogen and oxygen atoms in total. The van der Waals surface area contributed by atoms with Crippen LogP contribution in [0, 0.1) is 6.92 Å². The molecule has 0 aliphatic heterocycles. The zero-order valence-corrected chi connectivity index (χ0v) is 11.5. The molecule has 5 heteroatoms. The van der Waals surface area contributed by atoms with Crippen LogP contribution in [-0.2, 0) is 6.54 Å². The number of phenolic OH excluding ortho intramolecular Hbond substituents is 1. The summed E-state index contributed by atoms with van der Waals surface area (Å²) in [5.74, 6) is -0.0776. The van der Waals surface area contributed by atoms with E-state index in [-0.39, 0.29) is 15.8 Å². The van der Waals surface area contributed by atoms with Gasteiger partial charge in [0.1, 0.15) is 0 Å². The number of benzene rings is 1. The Balaban J connectivity index is 2.12. The first-order valence-electron chi connectivity index (χ1n) is 5.03. The van der Waals surface area contributed by atoms with Crippen molar-refractivity contribution in [1.82, 2.24) is 0 Å². The van der Waals surface area contributed by atoms with Crippen LogP contribution >= 0.6 is 34.5 Å². The van der Waals surface area contributed by atoms with Gasteiger partial charge >= 0.3 is 0 Å². The van der Waals surface area contributed by atoms with Crippen LogP contribution in [0.1, 0.15) is 10.4 Å². The Morgan fingerprint density at radius 2 is 1.94 bits per heavy atom. The highest BCUT2D eigenvalue weighted by atomic mass is 35.5. The minimum Gasteiger partial charge on any atom is -0.505 e. The number of rotatable bonds is 3. The molecule has 2 rings (SSSR count). The third-order valence-corrected chi connectivity index (χ3v) is 4.04. The van der Waals surface area contributed by atoms with E-state index < -0.39 is 0 Å². The third-order valence-electron chi connectivity index (χ3n) is 2.44. The van der Waals surface area contributed by atoms with E-state index in [2.05, 4.69) is 23.7 Å². The highest BCUT2D eigenvalue weighted by Crippen LogP contribution is 2.34. The van der Waals surface area contributed by atoms with Gasteiger partial charge in [0.15, 0.2) is 5.75 Å². The van der Waals surface area contributed by atoms with Crippen molar-refractivity contribution in [3.8, 4) is 5.75 Å². The van der Waals surface area contributed by atoms with Crippen LogP contribution in [0.25, 0.3) is 0 Å². The second-order valence-corrected chi connectivity index (χ2v) is 5.48. The highest BCUT2D eigenvalue weighted by molar-refractivity contribution is 7.10. The highest BCUT2D eigenvalue weighted by Gasteiger charge is 2.07. The van der Waals surface area contributed by atoms with Gasteiger partial charge in [0.25, 0.3) is 0 Å². The number of hydrogen-bond donors (Lipinski definition) is 2. The zero-order valence-electron chi connectivity index (χ0n) is 9.13. The Kier molecular flexibility index (Phi) is 3.82. The van der Waals surface area contributed by atoms with E-state index in [9.17, 15) is 5.11 Å². The molecule has 1 heterocycles. The van der Waals surface area contributed by atoms with Crippen molar-refractivity contribution in [2.24, 2.45) is 0 Å². The summed E-state index contributed by atoms with van der Waals surface area (Å²) in [6, 6.07) is 5.40. The average molecular weight is 288 g/mol. The molecular formula is C12H11Cl2NOS. The molecule has 0 atom stereocenters. The number of anilines is 1.